The van der Waals surface area contributed by atoms with Crippen molar-refractivity contribution >= 4 is 12.6 Å². The van der Waals surface area contributed by atoms with Gasteiger partial charge in [0.1, 0.15) is 0 Å². The standard InChI is InChI=1S/C9H19NOS/c1-9-8-10(5-6-11-9)4-2-3-7-12/h9,12H,2-8H2,1H3. The summed E-state index contributed by atoms with van der Waals surface area (Å²) in [5, 5.41) is 0. The average molecular weight is 189 g/mol. The SMILES string of the molecule is CC1CN(CCCCS)CCO1. The Kier molecular flexibility index (Phi) is 5.04. The zero-order valence-corrected chi connectivity index (χ0v) is 8.72. The lowest BCUT2D eigenvalue weighted by molar-refractivity contribution is -0.0184. The third-order valence-corrected chi connectivity index (χ3v) is 2.52. The largest absolute Gasteiger partial charge is 0.376 e. The third-order valence-electron chi connectivity index (χ3n) is 2.21. The molecule has 0 aliphatic carbocycles. The topological polar surface area (TPSA) is 12.5 Å². The number of hydrogen-bond donors (Lipinski definition) is 1. The lowest BCUT2D eigenvalue weighted by atomic mass is 10.2. The fourth-order valence-corrected chi connectivity index (χ4v) is 1.76. The third kappa shape index (κ3) is 3.78. The van der Waals surface area contributed by atoms with Gasteiger partial charge >= 0.3 is 0 Å². The quantitative estimate of drug-likeness (QED) is 0.530. The molecule has 0 amide bonds. The number of unbranched alkanes of at least 4 members (excludes halogenated alkanes) is 1. The predicted molar refractivity (Wildman–Crippen MR) is 54.9 cm³/mol. The molecule has 72 valence electrons. The van der Waals surface area contributed by atoms with Crippen LogP contribution in [0.5, 0.6) is 0 Å². The van der Waals surface area contributed by atoms with Crippen molar-refractivity contribution < 1.29 is 4.74 Å². The van der Waals surface area contributed by atoms with Crippen LogP contribution in [0.3, 0.4) is 0 Å². The van der Waals surface area contributed by atoms with Crippen molar-refractivity contribution in [1.29, 1.82) is 0 Å². The summed E-state index contributed by atoms with van der Waals surface area (Å²) >= 11 is 4.19. The van der Waals surface area contributed by atoms with Gasteiger partial charge in [-0.2, -0.15) is 12.6 Å². The minimum absolute atomic E-state index is 0.426. The molecule has 0 bridgehead atoms. The summed E-state index contributed by atoms with van der Waals surface area (Å²) in [6.45, 7) is 6.48. The molecule has 3 heteroatoms. The van der Waals surface area contributed by atoms with Gasteiger partial charge in [-0.3, -0.25) is 4.90 Å². The Morgan fingerprint density at radius 3 is 3.00 bits per heavy atom. The van der Waals surface area contributed by atoms with Crippen LogP contribution in [-0.4, -0.2) is 43.0 Å². The van der Waals surface area contributed by atoms with Crippen LogP contribution < -0.4 is 0 Å². The van der Waals surface area contributed by atoms with E-state index in [0.29, 0.717) is 6.10 Å². The molecule has 0 radical (unpaired) electrons. The van der Waals surface area contributed by atoms with Crippen LogP contribution in [0, 0.1) is 0 Å². The van der Waals surface area contributed by atoms with Crippen LogP contribution in [-0.2, 0) is 4.74 Å². The fourth-order valence-electron chi connectivity index (χ4n) is 1.54. The van der Waals surface area contributed by atoms with Gasteiger partial charge in [0.05, 0.1) is 12.7 Å². The summed E-state index contributed by atoms with van der Waals surface area (Å²) in [7, 11) is 0. The summed E-state index contributed by atoms with van der Waals surface area (Å²) in [6, 6.07) is 0. The second-order valence-electron chi connectivity index (χ2n) is 3.41. The first-order valence-electron chi connectivity index (χ1n) is 4.77. The van der Waals surface area contributed by atoms with Crippen molar-refractivity contribution in [3.8, 4) is 0 Å². The molecular weight excluding hydrogens is 170 g/mol. The Balaban J connectivity index is 2.06. The van der Waals surface area contributed by atoms with E-state index in [1.165, 1.54) is 19.4 Å². The Hall–Kier alpha value is 0.270. The van der Waals surface area contributed by atoms with Gasteiger partial charge in [-0.05, 0) is 32.1 Å². The number of thiol groups is 1. The molecule has 0 N–H and O–H groups in total. The van der Waals surface area contributed by atoms with Crippen molar-refractivity contribution in [2.75, 3.05) is 32.0 Å². The van der Waals surface area contributed by atoms with Gasteiger partial charge in [0.2, 0.25) is 0 Å². The molecule has 0 aromatic heterocycles. The summed E-state index contributed by atoms with van der Waals surface area (Å²) in [4.78, 5) is 2.48. The molecule has 1 unspecified atom stereocenters. The number of nitrogens with zero attached hydrogens (tertiary/aromatic N) is 1. The highest BCUT2D eigenvalue weighted by atomic mass is 32.1. The van der Waals surface area contributed by atoms with Crippen LogP contribution >= 0.6 is 12.6 Å². The van der Waals surface area contributed by atoms with Crippen molar-refractivity contribution in [3.63, 3.8) is 0 Å². The van der Waals surface area contributed by atoms with Crippen LogP contribution in [0.2, 0.25) is 0 Å². The molecule has 1 atom stereocenters. The summed E-state index contributed by atoms with van der Waals surface area (Å²) in [5.41, 5.74) is 0. The van der Waals surface area contributed by atoms with Crippen LogP contribution in [0.4, 0.5) is 0 Å². The zero-order valence-electron chi connectivity index (χ0n) is 7.83. The minimum atomic E-state index is 0.426. The fraction of sp³-hybridized carbons (Fsp3) is 1.00. The Labute approximate surface area is 80.7 Å². The molecular formula is C9H19NOS. The predicted octanol–water partition coefficient (Wildman–Crippen LogP) is 1.42. The van der Waals surface area contributed by atoms with Gasteiger partial charge in [0.25, 0.3) is 0 Å². The second-order valence-corrected chi connectivity index (χ2v) is 3.86. The summed E-state index contributed by atoms with van der Waals surface area (Å²) < 4.78 is 5.46. The average Bonchev–Trinajstić information content (AvgIpc) is 2.05. The molecule has 1 aliphatic rings. The highest BCUT2D eigenvalue weighted by molar-refractivity contribution is 7.80. The normalized spacial score (nSPS) is 26.0. The van der Waals surface area contributed by atoms with Gasteiger partial charge in [-0.25, -0.2) is 0 Å². The van der Waals surface area contributed by atoms with Crippen molar-refractivity contribution in [3.05, 3.63) is 0 Å². The lowest BCUT2D eigenvalue weighted by Gasteiger charge is -2.30. The molecule has 0 spiro atoms. The number of morpholine rings is 1. The van der Waals surface area contributed by atoms with E-state index in [2.05, 4.69) is 24.5 Å². The molecule has 1 rings (SSSR count). The Morgan fingerprint density at radius 2 is 2.33 bits per heavy atom. The van der Waals surface area contributed by atoms with Crippen LogP contribution in [0.1, 0.15) is 19.8 Å². The number of ether oxygens (including phenoxy) is 1. The summed E-state index contributed by atoms with van der Waals surface area (Å²) in [6.07, 6.45) is 2.93. The van der Waals surface area contributed by atoms with Gasteiger partial charge < -0.3 is 4.74 Å². The molecule has 1 heterocycles. The van der Waals surface area contributed by atoms with E-state index in [1.807, 2.05) is 0 Å². The molecule has 1 saturated heterocycles. The first-order valence-corrected chi connectivity index (χ1v) is 5.41. The van der Waals surface area contributed by atoms with Crippen LogP contribution in [0.15, 0.2) is 0 Å². The molecule has 0 aromatic rings. The van der Waals surface area contributed by atoms with E-state index in [1.54, 1.807) is 0 Å². The number of hydrogen-bond acceptors (Lipinski definition) is 3. The molecule has 0 aromatic carbocycles. The monoisotopic (exact) mass is 189 g/mol. The van der Waals surface area contributed by atoms with Crippen molar-refractivity contribution in [2.24, 2.45) is 0 Å². The molecule has 1 aliphatic heterocycles. The van der Waals surface area contributed by atoms with Crippen molar-refractivity contribution in [2.45, 2.75) is 25.9 Å². The van der Waals surface area contributed by atoms with E-state index in [9.17, 15) is 0 Å². The van der Waals surface area contributed by atoms with Gasteiger partial charge in [0.15, 0.2) is 0 Å². The van der Waals surface area contributed by atoms with Gasteiger partial charge in [0, 0.05) is 13.1 Å². The Morgan fingerprint density at radius 1 is 1.50 bits per heavy atom. The molecule has 12 heavy (non-hydrogen) atoms. The van der Waals surface area contributed by atoms with E-state index in [4.69, 9.17) is 4.74 Å². The van der Waals surface area contributed by atoms with E-state index in [0.717, 1.165) is 25.4 Å². The minimum Gasteiger partial charge on any atom is -0.376 e. The molecule has 1 fully saturated rings. The maximum Gasteiger partial charge on any atom is 0.0674 e. The van der Waals surface area contributed by atoms with E-state index in [-0.39, 0.29) is 0 Å². The zero-order chi connectivity index (χ0) is 8.81. The number of rotatable bonds is 4. The highest BCUT2D eigenvalue weighted by Crippen LogP contribution is 2.05. The van der Waals surface area contributed by atoms with Crippen molar-refractivity contribution in [1.82, 2.24) is 4.90 Å². The van der Waals surface area contributed by atoms with E-state index < -0.39 is 0 Å². The molecule has 2 nitrogen and oxygen atoms in total. The van der Waals surface area contributed by atoms with Gasteiger partial charge in [-0.1, -0.05) is 0 Å². The second kappa shape index (κ2) is 5.84. The maximum atomic E-state index is 5.46. The smallest absolute Gasteiger partial charge is 0.0674 e. The molecule has 0 saturated carbocycles. The van der Waals surface area contributed by atoms with E-state index >= 15 is 0 Å². The maximum absolute atomic E-state index is 5.46. The Bertz CT molecular complexity index is 121. The first-order chi connectivity index (χ1) is 5.83. The van der Waals surface area contributed by atoms with Gasteiger partial charge in [-0.15, -0.1) is 0 Å². The van der Waals surface area contributed by atoms with Crippen LogP contribution in [0.25, 0.3) is 0 Å². The first kappa shape index (κ1) is 10.4. The lowest BCUT2D eigenvalue weighted by Crippen LogP contribution is -2.41. The highest BCUT2D eigenvalue weighted by Gasteiger charge is 2.15. The summed E-state index contributed by atoms with van der Waals surface area (Å²) in [5.74, 6) is 1.01.